The molecule has 170 valence electrons. The Kier molecular flexibility index (Phi) is 7.77. The summed E-state index contributed by atoms with van der Waals surface area (Å²) in [5, 5.41) is 31.8. The molecule has 2 rings (SSSR count). The molecule has 1 aromatic heterocycles. The van der Waals surface area contributed by atoms with Crippen LogP contribution in [0.2, 0.25) is 0 Å². The fourth-order valence-electron chi connectivity index (χ4n) is 2.86. The van der Waals surface area contributed by atoms with Gasteiger partial charge in [0, 0.05) is 12.0 Å². The Balaban J connectivity index is 2.05. The van der Waals surface area contributed by atoms with E-state index in [1.807, 2.05) is 0 Å². The van der Waals surface area contributed by atoms with Gasteiger partial charge in [0.2, 0.25) is 5.91 Å². The molecule has 0 aliphatic carbocycles. The zero-order chi connectivity index (χ0) is 24.0. The van der Waals surface area contributed by atoms with Crippen molar-refractivity contribution < 1.29 is 29.4 Å². The van der Waals surface area contributed by atoms with Gasteiger partial charge in [-0.3, -0.25) is 15.0 Å². The van der Waals surface area contributed by atoms with E-state index in [1.165, 1.54) is 19.1 Å². The van der Waals surface area contributed by atoms with Crippen molar-refractivity contribution in [1.82, 2.24) is 10.3 Å². The number of carbonyl (C=O) groups excluding carboxylic acids is 3. The number of nitrogens with one attached hydrogen (secondary N) is 3. The lowest BCUT2D eigenvalue weighted by Crippen LogP contribution is -2.41. The number of hydrogen-bond donors (Lipinski definition) is 6. The molecule has 2 heterocycles. The molecule has 0 saturated heterocycles. The van der Waals surface area contributed by atoms with Crippen LogP contribution in [0.1, 0.15) is 48.8 Å². The molecule has 0 saturated carbocycles. The number of dihydropyridines is 1. The molecule has 1 aliphatic heterocycles. The predicted octanol–water partition coefficient (Wildman–Crippen LogP) is 0.821. The van der Waals surface area contributed by atoms with Crippen LogP contribution < -0.4 is 16.4 Å². The van der Waals surface area contributed by atoms with Gasteiger partial charge >= 0.3 is 5.97 Å². The van der Waals surface area contributed by atoms with Crippen molar-refractivity contribution in [2.24, 2.45) is 10.7 Å². The summed E-state index contributed by atoms with van der Waals surface area (Å²) in [6.07, 6.45) is -0.383. The normalized spacial score (nSPS) is 14.4. The molecule has 1 atom stereocenters. The molecular weight excluding hydrogens is 420 g/mol. The van der Waals surface area contributed by atoms with Crippen molar-refractivity contribution in [2.75, 3.05) is 5.32 Å². The zero-order valence-corrected chi connectivity index (χ0v) is 17.6. The average Bonchev–Trinajstić information content (AvgIpc) is 2.68. The summed E-state index contributed by atoms with van der Waals surface area (Å²) in [4.78, 5) is 54.9. The lowest BCUT2D eigenvalue weighted by Gasteiger charge is -2.16. The summed E-state index contributed by atoms with van der Waals surface area (Å²) in [5.41, 5.74) is 6.08. The van der Waals surface area contributed by atoms with E-state index in [0.717, 1.165) is 0 Å². The molecule has 1 aliphatic rings. The van der Waals surface area contributed by atoms with Crippen LogP contribution in [0, 0.1) is 12.3 Å². The van der Waals surface area contributed by atoms with Gasteiger partial charge in [0.25, 0.3) is 5.91 Å². The molecule has 0 fully saturated rings. The minimum atomic E-state index is -1.27. The average molecular weight is 444 g/mol. The maximum Gasteiger partial charge on any atom is 0.326 e. The molecule has 7 N–H and O–H groups in total. The number of Topliss-reactive ketones (excluding diaryl/α,β-unsaturated/α-hetero) is 1. The minimum absolute atomic E-state index is 0.00995. The molecule has 0 aromatic carbocycles. The molecule has 0 radical (unpaired) electrons. The number of aliphatic hydroxyl groups excluding tert-OH is 1. The van der Waals surface area contributed by atoms with Crippen LogP contribution in [0.25, 0.3) is 0 Å². The molecule has 1 unspecified atom stereocenters. The van der Waals surface area contributed by atoms with E-state index in [0.29, 0.717) is 11.4 Å². The molecule has 12 nitrogen and oxygen atoms in total. The molecule has 2 amide bonds. The smallest absolute Gasteiger partial charge is 0.326 e. The van der Waals surface area contributed by atoms with E-state index in [1.54, 1.807) is 6.92 Å². The first-order valence-electron chi connectivity index (χ1n) is 9.61. The number of aromatic nitrogens is 1. The number of amides is 2. The highest BCUT2D eigenvalue weighted by atomic mass is 16.4. The number of amidine groups is 2. The van der Waals surface area contributed by atoms with Crippen LogP contribution in [0.5, 0.6) is 0 Å². The number of aliphatic carboxylic acids is 1. The number of carboxylic acids is 1. The number of hydrogen-bond acceptors (Lipinski definition) is 8. The van der Waals surface area contributed by atoms with E-state index in [-0.39, 0.29) is 60.2 Å². The molecule has 0 bridgehead atoms. The number of aryl methyl sites for hydroxylation is 1. The Morgan fingerprint density at radius 1 is 1.28 bits per heavy atom. The summed E-state index contributed by atoms with van der Waals surface area (Å²) in [7, 11) is 0. The number of aliphatic hydroxyl groups is 1. The fraction of sp³-hybridized carbons (Fsp3) is 0.350. The molecule has 1 aromatic rings. The summed E-state index contributed by atoms with van der Waals surface area (Å²) >= 11 is 0. The second-order valence-corrected chi connectivity index (χ2v) is 7.21. The first-order chi connectivity index (χ1) is 15.0. The zero-order valence-electron chi connectivity index (χ0n) is 17.6. The number of aliphatic imine (C=N–C) groups is 1. The molecule has 0 spiro atoms. The van der Waals surface area contributed by atoms with Crippen LogP contribution in [0.15, 0.2) is 28.5 Å². The summed E-state index contributed by atoms with van der Waals surface area (Å²) in [6, 6.07) is 1.50. The first kappa shape index (κ1) is 24.2. The third-order valence-corrected chi connectivity index (χ3v) is 4.56. The lowest BCUT2D eigenvalue weighted by atomic mass is 10.0. The number of nitrogens with two attached hydrogens (primary N) is 1. The number of ketones is 1. The third kappa shape index (κ3) is 6.45. The fourth-order valence-corrected chi connectivity index (χ4v) is 2.86. The van der Waals surface area contributed by atoms with Crippen molar-refractivity contribution >= 4 is 40.9 Å². The Hall–Kier alpha value is -4.09. The maximum absolute atomic E-state index is 12.4. The Morgan fingerprint density at radius 3 is 2.53 bits per heavy atom. The SMILES string of the molecule is CC(=O)CCC(NC(=O)c1ccc(NC(=O)CC2=C(O)CC(N)=NC2=N)c(C)n1)C(=O)O. The summed E-state index contributed by atoms with van der Waals surface area (Å²) < 4.78 is 0. The Morgan fingerprint density at radius 2 is 1.97 bits per heavy atom. The van der Waals surface area contributed by atoms with Gasteiger partial charge in [-0.15, -0.1) is 0 Å². The summed E-state index contributed by atoms with van der Waals surface area (Å²) in [6.45, 7) is 2.87. The highest BCUT2D eigenvalue weighted by molar-refractivity contribution is 6.11. The largest absolute Gasteiger partial charge is 0.511 e. The van der Waals surface area contributed by atoms with Crippen LogP contribution in [-0.4, -0.2) is 56.5 Å². The van der Waals surface area contributed by atoms with Gasteiger partial charge in [-0.2, -0.15) is 0 Å². The van der Waals surface area contributed by atoms with Gasteiger partial charge in [0.1, 0.15) is 29.1 Å². The van der Waals surface area contributed by atoms with Crippen LogP contribution in [0.4, 0.5) is 5.69 Å². The van der Waals surface area contributed by atoms with Crippen molar-refractivity contribution in [3.05, 3.63) is 34.9 Å². The van der Waals surface area contributed by atoms with E-state index < -0.39 is 23.8 Å². The van der Waals surface area contributed by atoms with Crippen LogP contribution in [0.3, 0.4) is 0 Å². The summed E-state index contributed by atoms with van der Waals surface area (Å²) in [5.74, 6) is -3.14. The molecule has 32 heavy (non-hydrogen) atoms. The van der Waals surface area contributed by atoms with Gasteiger partial charge < -0.3 is 31.4 Å². The van der Waals surface area contributed by atoms with Gasteiger partial charge in [0.15, 0.2) is 5.84 Å². The molecule has 12 heteroatoms. The van der Waals surface area contributed by atoms with Crippen molar-refractivity contribution in [2.45, 2.75) is 45.6 Å². The third-order valence-electron chi connectivity index (χ3n) is 4.56. The first-order valence-corrected chi connectivity index (χ1v) is 9.61. The van der Waals surface area contributed by atoms with Gasteiger partial charge in [-0.25, -0.2) is 14.8 Å². The Labute approximate surface area is 183 Å². The van der Waals surface area contributed by atoms with E-state index >= 15 is 0 Å². The van der Waals surface area contributed by atoms with Crippen molar-refractivity contribution in [3.8, 4) is 0 Å². The number of pyridine rings is 1. The second-order valence-electron chi connectivity index (χ2n) is 7.21. The second kappa shape index (κ2) is 10.3. The topological polar surface area (TPSA) is 208 Å². The minimum Gasteiger partial charge on any atom is -0.511 e. The lowest BCUT2D eigenvalue weighted by molar-refractivity contribution is -0.139. The van der Waals surface area contributed by atoms with E-state index in [4.69, 9.17) is 11.1 Å². The Bertz CT molecular complexity index is 1050. The number of rotatable bonds is 9. The highest BCUT2D eigenvalue weighted by Gasteiger charge is 2.23. The van der Waals surface area contributed by atoms with E-state index in [9.17, 15) is 29.4 Å². The maximum atomic E-state index is 12.4. The molecular formula is C20H24N6O6. The predicted molar refractivity (Wildman–Crippen MR) is 115 cm³/mol. The quantitative estimate of drug-likeness (QED) is 0.320. The van der Waals surface area contributed by atoms with Crippen LogP contribution in [-0.2, 0) is 14.4 Å². The van der Waals surface area contributed by atoms with Gasteiger partial charge in [-0.1, -0.05) is 0 Å². The number of carbonyl (C=O) groups is 4. The highest BCUT2D eigenvalue weighted by Crippen LogP contribution is 2.19. The van der Waals surface area contributed by atoms with E-state index in [2.05, 4.69) is 20.6 Å². The van der Waals surface area contributed by atoms with Crippen molar-refractivity contribution in [1.29, 1.82) is 5.41 Å². The van der Waals surface area contributed by atoms with Gasteiger partial charge in [0.05, 0.1) is 24.2 Å². The number of anilines is 1. The van der Waals surface area contributed by atoms with Crippen LogP contribution >= 0.6 is 0 Å². The monoisotopic (exact) mass is 444 g/mol. The number of carboxylic acid groups (broad SMARTS) is 1. The standard InChI is InChI=1S/C20H24N6O6/c1-9(27)3-4-14(20(31)32)25-19(30)13-6-5-12(10(2)23-13)24-17(29)7-11-15(28)8-16(21)26-18(11)22/h5-6,14,28H,3-4,7-8H2,1-2H3,(H,24,29)(H,25,30)(H,31,32)(H3,21,22,26). The number of nitrogens with zero attached hydrogens (tertiary/aromatic N) is 2. The van der Waals surface area contributed by atoms with Gasteiger partial charge in [-0.05, 0) is 32.4 Å². The van der Waals surface area contributed by atoms with Crippen molar-refractivity contribution in [3.63, 3.8) is 0 Å².